The maximum atomic E-state index is 5.57. The van der Waals surface area contributed by atoms with Crippen molar-refractivity contribution in [3.63, 3.8) is 0 Å². The molecule has 2 aromatic rings. The average Bonchev–Trinajstić information content (AvgIpc) is 2.90. The van der Waals surface area contributed by atoms with Crippen molar-refractivity contribution in [2.24, 2.45) is 5.73 Å². The summed E-state index contributed by atoms with van der Waals surface area (Å²) in [6.45, 7) is 4.00. The number of aromatic nitrogens is 1. The van der Waals surface area contributed by atoms with E-state index in [1.807, 2.05) is 17.5 Å². The summed E-state index contributed by atoms with van der Waals surface area (Å²) >= 11 is 1.87. The highest BCUT2D eigenvalue weighted by molar-refractivity contribution is 7.10. The number of thiophene rings is 1. The molecule has 0 spiro atoms. The second-order valence-corrected chi connectivity index (χ2v) is 5.98. The van der Waals surface area contributed by atoms with E-state index in [0.29, 0.717) is 12.6 Å². The van der Waals surface area contributed by atoms with Gasteiger partial charge in [0.15, 0.2) is 0 Å². The summed E-state index contributed by atoms with van der Waals surface area (Å²) < 4.78 is 0. The Balaban J connectivity index is 1.83. The summed E-state index contributed by atoms with van der Waals surface area (Å²) in [6, 6.07) is 6.94. The molecule has 1 atom stereocenters. The van der Waals surface area contributed by atoms with Crippen LogP contribution in [0, 0.1) is 0 Å². The molecular formula is C15H19N3S. The fraction of sp³-hybridized carbons (Fsp3) is 0.400. The van der Waals surface area contributed by atoms with Gasteiger partial charge in [-0.1, -0.05) is 6.07 Å². The smallest absolute Gasteiger partial charge is 0.128 e. The third kappa shape index (κ3) is 2.38. The van der Waals surface area contributed by atoms with Crippen LogP contribution in [0.3, 0.4) is 0 Å². The molecular weight excluding hydrogens is 254 g/mol. The van der Waals surface area contributed by atoms with Gasteiger partial charge in [0.2, 0.25) is 0 Å². The van der Waals surface area contributed by atoms with Crippen molar-refractivity contribution < 1.29 is 0 Å². The Morgan fingerprint density at radius 3 is 3.05 bits per heavy atom. The molecule has 100 valence electrons. The molecule has 0 aliphatic carbocycles. The molecule has 1 aliphatic heterocycles. The maximum Gasteiger partial charge on any atom is 0.128 e. The lowest BCUT2D eigenvalue weighted by Crippen LogP contribution is -2.33. The fourth-order valence-corrected chi connectivity index (χ4v) is 3.69. The molecule has 0 saturated heterocycles. The number of rotatable bonds is 3. The molecule has 0 aromatic carbocycles. The Labute approximate surface area is 118 Å². The predicted molar refractivity (Wildman–Crippen MR) is 80.8 cm³/mol. The topological polar surface area (TPSA) is 42.1 Å². The van der Waals surface area contributed by atoms with E-state index in [1.165, 1.54) is 16.0 Å². The van der Waals surface area contributed by atoms with Crippen LogP contribution in [0.2, 0.25) is 0 Å². The Morgan fingerprint density at radius 2 is 2.32 bits per heavy atom. The second-order valence-electron chi connectivity index (χ2n) is 4.98. The summed E-state index contributed by atoms with van der Waals surface area (Å²) in [5, 5.41) is 2.20. The van der Waals surface area contributed by atoms with Gasteiger partial charge in [0.25, 0.3) is 0 Å². The summed E-state index contributed by atoms with van der Waals surface area (Å²) in [4.78, 5) is 8.52. The lowest BCUT2D eigenvalue weighted by molar-refractivity contribution is 0.624. The van der Waals surface area contributed by atoms with Gasteiger partial charge >= 0.3 is 0 Å². The second kappa shape index (κ2) is 5.31. The van der Waals surface area contributed by atoms with Gasteiger partial charge in [-0.3, -0.25) is 0 Å². The van der Waals surface area contributed by atoms with E-state index in [1.54, 1.807) is 0 Å². The zero-order valence-corrected chi connectivity index (χ0v) is 12.0. The minimum atomic E-state index is 0.419. The number of fused-ring (bicyclic) bond motifs is 1. The van der Waals surface area contributed by atoms with Crippen molar-refractivity contribution in [1.82, 2.24) is 4.98 Å². The van der Waals surface area contributed by atoms with E-state index < -0.39 is 0 Å². The van der Waals surface area contributed by atoms with Crippen LogP contribution in [-0.4, -0.2) is 18.1 Å². The molecule has 0 fully saturated rings. The Morgan fingerprint density at radius 1 is 1.42 bits per heavy atom. The van der Waals surface area contributed by atoms with E-state index >= 15 is 0 Å². The highest BCUT2D eigenvalue weighted by Gasteiger charge is 2.25. The Hall–Kier alpha value is -1.39. The summed E-state index contributed by atoms with van der Waals surface area (Å²) in [5.41, 5.74) is 8.24. The van der Waals surface area contributed by atoms with Crippen LogP contribution in [-0.2, 0) is 12.8 Å². The molecule has 0 bridgehead atoms. The van der Waals surface area contributed by atoms with Crippen LogP contribution in [0.25, 0.3) is 0 Å². The van der Waals surface area contributed by atoms with E-state index in [2.05, 4.69) is 40.4 Å². The van der Waals surface area contributed by atoms with Crippen molar-refractivity contribution in [3.8, 4) is 0 Å². The molecule has 4 heteroatoms. The predicted octanol–water partition coefficient (Wildman–Crippen LogP) is 2.77. The molecule has 3 rings (SSSR count). The molecule has 1 unspecified atom stereocenters. The summed E-state index contributed by atoms with van der Waals surface area (Å²) in [5.74, 6) is 1.07. The molecule has 19 heavy (non-hydrogen) atoms. The van der Waals surface area contributed by atoms with E-state index in [4.69, 9.17) is 5.73 Å². The first-order valence-electron chi connectivity index (χ1n) is 6.77. The van der Waals surface area contributed by atoms with E-state index in [9.17, 15) is 0 Å². The molecule has 3 nitrogen and oxygen atoms in total. The molecule has 2 aromatic heterocycles. The van der Waals surface area contributed by atoms with Gasteiger partial charge in [0.05, 0.1) is 6.04 Å². The van der Waals surface area contributed by atoms with E-state index in [-0.39, 0.29) is 0 Å². The molecule has 0 radical (unpaired) electrons. The van der Waals surface area contributed by atoms with E-state index in [0.717, 1.165) is 25.2 Å². The van der Waals surface area contributed by atoms with Crippen molar-refractivity contribution in [3.05, 3.63) is 45.8 Å². The summed E-state index contributed by atoms with van der Waals surface area (Å²) in [7, 11) is 0. The van der Waals surface area contributed by atoms with Gasteiger partial charge in [0, 0.05) is 17.6 Å². The standard InChI is InChI=1S/C15H19N3S/c1-11-13-6-9-19-14(13)5-8-18(11)15-3-2-12(4-7-16)10-17-15/h2-3,6,9-11H,4-5,7-8,16H2,1H3. The van der Waals surface area contributed by atoms with Crippen LogP contribution in [0.15, 0.2) is 29.8 Å². The van der Waals surface area contributed by atoms with Crippen molar-refractivity contribution in [2.45, 2.75) is 25.8 Å². The zero-order valence-electron chi connectivity index (χ0n) is 11.2. The SMILES string of the molecule is CC1c2ccsc2CCN1c1ccc(CCN)cn1. The number of nitrogens with two attached hydrogens (primary N) is 1. The van der Waals surface area contributed by atoms with Gasteiger partial charge in [-0.05, 0) is 54.9 Å². The monoisotopic (exact) mass is 273 g/mol. The van der Waals surface area contributed by atoms with Crippen molar-refractivity contribution in [2.75, 3.05) is 18.0 Å². The number of pyridine rings is 1. The van der Waals surface area contributed by atoms with Crippen LogP contribution < -0.4 is 10.6 Å². The number of anilines is 1. The Kier molecular flexibility index (Phi) is 3.53. The highest BCUT2D eigenvalue weighted by Crippen LogP contribution is 2.35. The maximum absolute atomic E-state index is 5.57. The third-order valence-electron chi connectivity index (χ3n) is 3.81. The lowest BCUT2D eigenvalue weighted by Gasteiger charge is -2.34. The Bertz CT molecular complexity index is 547. The lowest BCUT2D eigenvalue weighted by atomic mass is 10.0. The van der Waals surface area contributed by atoms with Gasteiger partial charge in [-0.15, -0.1) is 11.3 Å². The minimum absolute atomic E-state index is 0.419. The van der Waals surface area contributed by atoms with Crippen LogP contribution in [0.5, 0.6) is 0 Å². The van der Waals surface area contributed by atoms with Crippen LogP contribution in [0.4, 0.5) is 5.82 Å². The molecule has 0 amide bonds. The third-order valence-corrected chi connectivity index (χ3v) is 4.81. The average molecular weight is 273 g/mol. The quantitative estimate of drug-likeness (QED) is 0.935. The van der Waals surface area contributed by atoms with Gasteiger partial charge in [-0.25, -0.2) is 4.98 Å². The molecule has 3 heterocycles. The van der Waals surface area contributed by atoms with Crippen molar-refractivity contribution in [1.29, 1.82) is 0 Å². The van der Waals surface area contributed by atoms with Gasteiger partial charge in [-0.2, -0.15) is 0 Å². The van der Waals surface area contributed by atoms with Crippen LogP contribution in [0.1, 0.15) is 29.0 Å². The summed E-state index contributed by atoms with van der Waals surface area (Å²) in [6.07, 6.45) is 3.99. The minimum Gasteiger partial charge on any atom is -0.349 e. The fourth-order valence-electron chi connectivity index (χ4n) is 2.72. The number of nitrogens with zero attached hydrogens (tertiary/aromatic N) is 2. The number of hydrogen-bond donors (Lipinski definition) is 1. The largest absolute Gasteiger partial charge is 0.349 e. The number of hydrogen-bond acceptors (Lipinski definition) is 4. The van der Waals surface area contributed by atoms with Crippen LogP contribution >= 0.6 is 11.3 Å². The molecule has 0 saturated carbocycles. The zero-order chi connectivity index (χ0) is 13.2. The first-order valence-corrected chi connectivity index (χ1v) is 7.65. The normalized spacial score (nSPS) is 18.4. The molecule has 1 aliphatic rings. The molecule has 2 N–H and O–H groups in total. The van der Waals surface area contributed by atoms with Gasteiger partial charge in [0.1, 0.15) is 5.82 Å². The van der Waals surface area contributed by atoms with Gasteiger partial charge < -0.3 is 10.6 Å². The first-order chi connectivity index (χ1) is 9.29. The first kappa shape index (κ1) is 12.6. The van der Waals surface area contributed by atoms with Crippen molar-refractivity contribution >= 4 is 17.2 Å². The highest BCUT2D eigenvalue weighted by atomic mass is 32.1.